The van der Waals surface area contributed by atoms with E-state index in [4.69, 9.17) is 9.63 Å². The molecule has 0 aliphatic rings. The molecule has 3 nitrogen and oxygen atoms in total. The first-order chi connectivity index (χ1) is 9.61. The maximum Gasteiger partial charge on any atom is 0.170 e. The lowest BCUT2D eigenvalue weighted by Crippen LogP contribution is -2.02. The minimum atomic E-state index is 0.256. The molecule has 108 valence electrons. The van der Waals surface area contributed by atoms with E-state index < -0.39 is 0 Å². The Balaban J connectivity index is 2.21. The molecular weight excluding hydrogens is 318 g/mol. The molecule has 0 spiro atoms. The van der Waals surface area contributed by atoms with Gasteiger partial charge in [0.1, 0.15) is 0 Å². The third-order valence-electron chi connectivity index (χ3n) is 3.50. The van der Waals surface area contributed by atoms with Crippen LogP contribution in [0.15, 0.2) is 33.3 Å². The standard InChI is InChI=1S/C16H20BrNO2/c1-11(4-3-9-19)10-15-12(2)18-20-16(15)13-5-7-14(17)8-6-13/h5-8,11,19H,3-4,9-10H2,1-2H3. The van der Waals surface area contributed by atoms with Crippen LogP contribution in [0.2, 0.25) is 0 Å². The summed E-state index contributed by atoms with van der Waals surface area (Å²) in [5, 5.41) is 13.0. The third kappa shape index (κ3) is 3.70. The van der Waals surface area contributed by atoms with Crippen molar-refractivity contribution in [1.29, 1.82) is 0 Å². The molecule has 1 aromatic carbocycles. The minimum Gasteiger partial charge on any atom is -0.396 e. The predicted molar refractivity (Wildman–Crippen MR) is 83.6 cm³/mol. The second-order valence-electron chi connectivity index (χ2n) is 5.26. The van der Waals surface area contributed by atoms with Gasteiger partial charge in [-0.05, 0) is 44.2 Å². The van der Waals surface area contributed by atoms with Crippen molar-refractivity contribution in [2.75, 3.05) is 6.61 Å². The van der Waals surface area contributed by atoms with Crippen LogP contribution < -0.4 is 0 Å². The molecule has 0 saturated carbocycles. The Kier molecular flexibility index (Phi) is 5.38. The van der Waals surface area contributed by atoms with Crippen molar-refractivity contribution >= 4 is 15.9 Å². The summed E-state index contributed by atoms with van der Waals surface area (Å²) in [6.07, 6.45) is 2.79. The normalized spacial score (nSPS) is 12.6. The van der Waals surface area contributed by atoms with Gasteiger partial charge in [0.25, 0.3) is 0 Å². The van der Waals surface area contributed by atoms with Gasteiger partial charge in [0.15, 0.2) is 5.76 Å². The Morgan fingerprint density at radius 1 is 1.30 bits per heavy atom. The molecule has 0 radical (unpaired) electrons. The Bertz CT molecular complexity index is 548. The fourth-order valence-electron chi connectivity index (χ4n) is 2.35. The van der Waals surface area contributed by atoms with E-state index in [0.717, 1.165) is 40.8 Å². The average molecular weight is 338 g/mol. The van der Waals surface area contributed by atoms with Gasteiger partial charge in [0.2, 0.25) is 0 Å². The molecule has 1 unspecified atom stereocenters. The molecule has 20 heavy (non-hydrogen) atoms. The molecule has 0 fully saturated rings. The second-order valence-corrected chi connectivity index (χ2v) is 6.17. The quantitative estimate of drug-likeness (QED) is 0.851. The lowest BCUT2D eigenvalue weighted by molar-refractivity contribution is 0.273. The van der Waals surface area contributed by atoms with Gasteiger partial charge in [-0.25, -0.2) is 0 Å². The third-order valence-corrected chi connectivity index (χ3v) is 4.03. The number of halogens is 1. The van der Waals surface area contributed by atoms with E-state index >= 15 is 0 Å². The topological polar surface area (TPSA) is 46.3 Å². The zero-order valence-electron chi connectivity index (χ0n) is 11.9. The van der Waals surface area contributed by atoms with E-state index in [-0.39, 0.29) is 6.61 Å². The number of nitrogens with zero attached hydrogens (tertiary/aromatic N) is 1. The predicted octanol–water partition coefficient (Wildman–Crippen LogP) is 4.36. The van der Waals surface area contributed by atoms with Crippen molar-refractivity contribution in [1.82, 2.24) is 5.16 Å². The van der Waals surface area contributed by atoms with Crippen molar-refractivity contribution in [3.05, 3.63) is 40.0 Å². The number of rotatable bonds is 6. The van der Waals surface area contributed by atoms with Gasteiger partial charge >= 0.3 is 0 Å². The van der Waals surface area contributed by atoms with Crippen molar-refractivity contribution in [2.45, 2.75) is 33.1 Å². The lowest BCUT2D eigenvalue weighted by atomic mass is 9.94. The van der Waals surface area contributed by atoms with E-state index in [2.05, 4.69) is 28.0 Å². The van der Waals surface area contributed by atoms with Crippen molar-refractivity contribution < 1.29 is 9.63 Å². The van der Waals surface area contributed by atoms with Crippen LogP contribution >= 0.6 is 15.9 Å². The summed E-state index contributed by atoms with van der Waals surface area (Å²) in [5.74, 6) is 1.38. The summed E-state index contributed by atoms with van der Waals surface area (Å²) in [6, 6.07) is 8.08. The Labute approximate surface area is 128 Å². The monoisotopic (exact) mass is 337 g/mol. The van der Waals surface area contributed by atoms with E-state index in [0.29, 0.717) is 5.92 Å². The van der Waals surface area contributed by atoms with E-state index in [9.17, 15) is 0 Å². The first kappa shape index (κ1) is 15.3. The number of aliphatic hydroxyl groups excluding tert-OH is 1. The van der Waals surface area contributed by atoms with Crippen molar-refractivity contribution in [3.63, 3.8) is 0 Å². The molecule has 1 atom stereocenters. The zero-order chi connectivity index (χ0) is 14.5. The van der Waals surface area contributed by atoms with Crippen LogP contribution in [0.5, 0.6) is 0 Å². The van der Waals surface area contributed by atoms with Gasteiger partial charge in [0, 0.05) is 22.2 Å². The molecule has 0 amide bonds. The van der Waals surface area contributed by atoms with Crippen LogP contribution in [0.4, 0.5) is 0 Å². The highest BCUT2D eigenvalue weighted by atomic mass is 79.9. The molecule has 1 N–H and O–H groups in total. The molecule has 0 aliphatic carbocycles. The molecule has 1 heterocycles. The number of aryl methyl sites for hydroxylation is 1. The molecule has 0 bridgehead atoms. The number of hydrogen-bond acceptors (Lipinski definition) is 3. The lowest BCUT2D eigenvalue weighted by Gasteiger charge is -2.10. The van der Waals surface area contributed by atoms with Gasteiger partial charge in [-0.2, -0.15) is 0 Å². The van der Waals surface area contributed by atoms with E-state index in [1.807, 2.05) is 31.2 Å². The number of hydrogen-bond donors (Lipinski definition) is 1. The SMILES string of the molecule is Cc1noc(-c2ccc(Br)cc2)c1CC(C)CCCO. The van der Waals surface area contributed by atoms with Crippen LogP contribution in [0.3, 0.4) is 0 Å². The maximum atomic E-state index is 8.92. The molecule has 0 saturated heterocycles. The van der Waals surface area contributed by atoms with Crippen LogP contribution in [0.25, 0.3) is 11.3 Å². The van der Waals surface area contributed by atoms with Gasteiger partial charge in [0.05, 0.1) is 5.69 Å². The molecule has 4 heteroatoms. The molecular formula is C16H20BrNO2. The molecule has 0 aliphatic heterocycles. The van der Waals surface area contributed by atoms with Crippen molar-refractivity contribution in [2.24, 2.45) is 5.92 Å². The van der Waals surface area contributed by atoms with Crippen LogP contribution in [-0.4, -0.2) is 16.9 Å². The number of benzene rings is 1. The molecule has 1 aromatic heterocycles. The highest BCUT2D eigenvalue weighted by molar-refractivity contribution is 9.10. The largest absolute Gasteiger partial charge is 0.396 e. The van der Waals surface area contributed by atoms with Crippen LogP contribution in [0.1, 0.15) is 31.0 Å². The fraction of sp³-hybridized carbons (Fsp3) is 0.438. The smallest absolute Gasteiger partial charge is 0.170 e. The number of aliphatic hydroxyl groups is 1. The highest BCUT2D eigenvalue weighted by Gasteiger charge is 2.17. The first-order valence-corrected chi connectivity index (χ1v) is 7.73. The summed E-state index contributed by atoms with van der Waals surface area (Å²) in [4.78, 5) is 0. The first-order valence-electron chi connectivity index (χ1n) is 6.93. The molecule has 2 aromatic rings. The average Bonchev–Trinajstić information content (AvgIpc) is 2.79. The Morgan fingerprint density at radius 2 is 2.00 bits per heavy atom. The summed E-state index contributed by atoms with van der Waals surface area (Å²) in [5.41, 5.74) is 3.19. The summed E-state index contributed by atoms with van der Waals surface area (Å²) in [7, 11) is 0. The van der Waals surface area contributed by atoms with Gasteiger partial charge in [-0.3, -0.25) is 0 Å². The van der Waals surface area contributed by atoms with E-state index in [1.165, 1.54) is 5.56 Å². The van der Waals surface area contributed by atoms with Gasteiger partial charge in [-0.1, -0.05) is 40.1 Å². The van der Waals surface area contributed by atoms with E-state index in [1.54, 1.807) is 0 Å². The maximum absolute atomic E-state index is 8.92. The van der Waals surface area contributed by atoms with Gasteiger partial charge in [-0.15, -0.1) is 0 Å². The van der Waals surface area contributed by atoms with Crippen LogP contribution in [-0.2, 0) is 6.42 Å². The summed E-state index contributed by atoms with van der Waals surface area (Å²) < 4.78 is 6.56. The van der Waals surface area contributed by atoms with Crippen LogP contribution in [0, 0.1) is 12.8 Å². The Morgan fingerprint density at radius 3 is 2.65 bits per heavy atom. The van der Waals surface area contributed by atoms with Crippen molar-refractivity contribution in [3.8, 4) is 11.3 Å². The second kappa shape index (κ2) is 7.04. The molecule has 2 rings (SSSR count). The summed E-state index contributed by atoms with van der Waals surface area (Å²) in [6.45, 7) is 4.44. The van der Waals surface area contributed by atoms with Gasteiger partial charge < -0.3 is 9.63 Å². The minimum absolute atomic E-state index is 0.256. The fourth-order valence-corrected chi connectivity index (χ4v) is 2.61. The zero-order valence-corrected chi connectivity index (χ0v) is 13.5. The Hall–Kier alpha value is -1.13. The highest BCUT2D eigenvalue weighted by Crippen LogP contribution is 2.30. The summed E-state index contributed by atoms with van der Waals surface area (Å²) >= 11 is 3.44. The number of aromatic nitrogens is 1.